The molecule has 0 aliphatic rings. The van der Waals surface area contributed by atoms with E-state index in [4.69, 9.17) is 20.8 Å². The molecule has 0 aliphatic heterocycles. The fourth-order valence-corrected chi connectivity index (χ4v) is 3.32. The number of ketones is 1. The van der Waals surface area contributed by atoms with E-state index >= 15 is 0 Å². The summed E-state index contributed by atoms with van der Waals surface area (Å²) in [6, 6.07) is 18.7. The van der Waals surface area contributed by atoms with Crippen LogP contribution in [0.5, 0.6) is 5.75 Å². The first-order valence-electron chi connectivity index (χ1n) is 8.77. The maximum atomic E-state index is 12.7. The number of aromatic nitrogens is 1. The van der Waals surface area contributed by atoms with E-state index in [2.05, 4.69) is 4.57 Å². The number of rotatable bonds is 7. The Bertz CT molecular complexity index is 1070. The molecule has 0 aliphatic carbocycles. The molecule has 0 amide bonds. The summed E-state index contributed by atoms with van der Waals surface area (Å²) in [6.07, 6.45) is 4.20. The molecule has 0 atom stereocenters. The Labute approximate surface area is 161 Å². The second-order valence-corrected chi connectivity index (χ2v) is 6.60. The number of ether oxygens (including phenoxy) is 1. The summed E-state index contributed by atoms with van der Waals surface area (Å²) in [5.41, 5.74) is 1.66. The van der Waals surface area contributed by atoms with E-state index in [0.717, 1.165) is 23.9 Å². The lowest BCUT2D eigenvalue weighted by Crippen LogP contribution is -2.04. The van der Waals surface area contributed by atoms with Gasteiger partial charge in [0.2, 0.25) is 5.78 Å². The van der Waals surface area contributed by atoms with Crippen LogP contribution in [0.4, 0.5) is 0 Å². The third-order valence-electron chi connectivity index (χ3n) is 4.42. The van der Waals surface area contributed by atoms with Crippen LogP contribution in [-0.2, 0) is 6.54 Å². The molecule has 0 saturated heterocycles. The Morgan fingerprint density at radius 1 is 1.04 bits per heavy atom. The topological polar surface area (TPSA) is 44.4 Å². The van der Waals surface area contributed by atoms with Gasteiger partial charge in [-0.05, 0) is 36.8 Å². The molecule has 2 aromatic heterocycles. The van der Waals surface area contributed by atoms with Crippen LogP contribution >= 0.6 is 11.6 Å². The second kappa shape index (κ2) is 7.72. The summed E-state index contributed by atoms with van der Waals surface area (Å²) in [7, 11) is 0. The zero-order valence-electron chi connectivity index (χ0n) is 14.6. The number of carbonyl (C=O) groups is 1. The predicted molar refractivity (Wildman–Crippen MR) is 106 cm³/mol. The fourth-order valence-electron chi connectivity index (χ4n) is 3.13. The molecular weight excluding hydrogens is 362 g/mol. The van der Waals surface area contributed by atoms with Crippen molar-refractivity contribution in [3.05, 3.63) is 89.5 Å². The number of carbonyl (C=O) groups excluding carboxylic acids is 1. The Kier molecular flexibility index (Phi) is 4.99. The van der Waals surface area contributed by atoms with Crippen LogP contribution in [0.3, 0.4) is 0 Å². The van der Waals surface area contributed by atoms with Gasteiger partial charge in [0.05, 0.1) is 23.5 Å². The molecule has 4 aromatic rings. The Morgan fingerprint density at radius 2 is 1.85 bits per heavy atom. The van der Waals surface area contributed by atoms with Crippen molar-refractivity contribution in [3.8, 4) is 5.75 Å². The molecule has 0 N–H and O–H groups in total. The van der Waals surface area contributed by atoms with E-state index in [1.54, 1.807) is 12.1 Å². The van der Waals surface area contributed by atoms with Crippen molar-refractivity contribution in [2.24, 2.45) is 0 Å². The third kappa shape index (κ3) is 3.62. The van der Waals surface area contributed by atoms with Crippen LogP contribution in [0, 0.1) is 0 Å². The lowest BCUT2D eigenvalue weighted by molar-refractivity contribution is 0.101. The molecular formula is C22H18ClNO3. The molecule has 0 saturated carbocycles. The van der Waals surface area contributed by atoms with Gasteiger partial charge in [-0.3, -0.25) is 4.79 Å². The van der Waals surface area contributed by atoms with Crippen LogP contribution in [0.15, 0.2) is 77.5 Å². The molecule has 0 radical (unpaired) electrons. The van der Waals surface area contributed by atoms with Crippen LogP contribution < -0.4 is 4.74 Å². The number of furan rings is 1. The van der Waals surface area contributed by atoms with E-state index in [1.165, 1.54) is 6.26 Å². The van der Waals surface area contributed by atoms with Crippen LogP contribution in [0.25, 0.3) is 10.9 Å². The molecule has 136 valence electrons. The lowest BCUT2D eigenvalue weighted by Gasteiger charge is -2.09. The predicted octanol–water partition coefficient (Wildman–Crippen LogP) is 5.59. The number of hydrogen-bond donors (Lipinski definition) is 0. The van der Waals surface area contributed by atoms with E-state index in [-0.39, 0.29) is 5.78 Å². The summed E-state index contributed by atoms with van der Waals surface area (Å²) < 4.78 is 13.1. The van der Waals surface area contributed by atoms with Gasteiger partial charge >= 0.3 is 0 Å². The average molecular weight is 380 g/mol. The first-order chi connectivity index (χ1) is 13.2. The van der Waals surface area contributed by atoms with Crippen molar-refractivity contribution in [3.63, 3.8) is 0 Å². The summed E-state index contributed by atoms with van der Waals surface area (Å²) in [5, 5.41) is 1.53. The quantitative estimate of drug-likeness (QED) is 0.310. The molecule has 2 heterocycles. The highest BCUT2D eigenvalue weighted by Gasteiger charge is 2.18. The van der Waals surface area contributed by atoms with Gasteiger partial charge in [-0.1, -0.05) is 41.9 Å². The van der Waals surface area contributed by atoms with E-state index in [0.29, 0.717) is 28.7 Å². The molecule has 27 heavy (non-hydrogen) atoms. The lowest BCUT2D eigenvalue weighted by atomic mass is 10.1. The van der Waals surface area contributed by atoms with E-state index < -0.39 is 0 Å². The first-order valence-corrected chi connectivity index (χ1v) is 9.15. The molecule has 2 aromatic carbocycles. The minimum Gasteiger partial charge on any atom is -0.492 e. The second-order valence-electron chi connectivity index (χ2n) is 6.19. The van der Waals surface area contributed by atoms with E-state index in [1.807, 2.05) is 54.7 Å². The minimum absolute atomic E-state index is 0.109. The monoisotopic (exact) mass is 379 g/mol. The molecule has 4 rings (SSSR count). The van der Waals surface area contributed by atoms with Gasteiger partial charge in [-0.25, -0.2) is 0 Å². The summed E-state index contributed by atoms with van der Waals surface area (Å²) in [6.45, 7) is 1.27. The average Bonchev–Trinajstić information content (AvgIpc) is 3.35. The van der Waals surface area contributed by atoms with Gasteiger partial charge in [0, 0.05) is 23.6 Å². The van der Waals surface area contributed by atoms with Gasteiger partial charge in [0.1, 0.15) is 5.75 Å². The SMILES string of the molecule is O=C(c1ccco1)c1cn(CCCOc2ccccc2Cl)c2ccccc12. The maximum absolute atomic E-state index is 12.7. The van der Waals surface area contributed by atoms with Crippen LogP contribution in [-0.4, -0.2) is 17.0 Å². The maximum Gasteiger partial charge on any atom is 0.230 e. The number of fused-ring (bicyclic) bond motifs is 1. The van der Waals surface area contributed by atoms with Crippen molar-refractivity contribution in [2.45, 2.75) is 13.0 Å². The van der Waals surface area contributed by atoms with Gasteiger partial charge < -0.3 is 13.7 Å². The van der Waals surface area contributed by atoms with Crippen molar-refractivity contribution in [1.29, 1.82) is 0 Å². The van der Waals surface area contributed by atoms with Crippen molar-refractivity contribution < 1.29 is 13.9 Å². The standard InChI is InChI=1S/C22H18ClNO3/c23-18-8-2-4-10-20(18)26-14-6-12-24-15-17(16-7-1-3-9-19(16)24)22(25)21-11-5-13-27-21/h1-5,7-11,13,15H,6,12,14H2. The number of nitrogens with zero attached hydrogens (tertiary/aromatic N) is 1. The molecule has 0 unspecified atom stereocenters. The van der Waals surface area contributed by atoms with Crippen molar-refractivity contribution in [2.75, 3.05) is 6.61 Å². The fraction of sp³-hybridized carbons (Fsp3) is 0.136. The zero-order chi connectivity index (χ0) is 18.6. The van der Waals surface area contributed by atoms with Crippen LogP contribution in [0.1, 0.15) is 22.5 Å². The number of para-hydroxylation sites is 2. The minimum atomic E-state index is -0.109. The molecule has 4 nitrogen and oxygen atoms in total. The van der Waals surface area contributed by atoms with Crippen molar-refractivity contribution >= 4 is 28.3 Å². The molecule has 0 bridgehead atoms. The van der Waals surface area contributed by atoms with Gasteiger partial charge in [-0.15, -0.1) is 0 Å². The van der Waals surface area contributed by atoms with Gasteiger partial charge in [0.15, 0.2) is 5.76 Å². The molecule has 0 fully saturated rings. The highest BCUT2D eigenvalue weighted by molar-refractivity contribution is 6.32. The number of aryl methyl sites for hydroxylation is 1. The number of halogens is 1. The van der Waals surface area contributed by atoms with Crippen molar-refractivity contribution in [1.82, 2.24) is 4.57 Å². The Morgan fingerprint density at radius 3 is 2.67 bits per heavy atom. The molecule has 5 heteroatoms. The first kappa shape index (κ1) is 17.4. The highest BCUT2D eigenvalue weighted by atomic mass is 35.5. The van der Waals surface area contributed by atoms with Gasteiger partial charge in [-0.2, -0.15) is 0 Å². The summed E-state index contributed by atoms with van der Waals surface area (Å²) in [5.74, 6) is 0.924. The Balaban J connectivity index is 1.51. The molecule has 0 spiro atoms. The van der Waals surface area contributed by atoms with Crippen LogP contribution in [0.2, 0.25) is 5.02 Å². The number of hydrogen-bond acceptors (Lipinski definition) is 3. The smallest absolute Gasteiger partial charge is 0.230 e. The summed E-state index contributed by atoms with van der Waals surface area (Å²) >= 11 is 6.11. The zero-order valence-corrected chi connectivity index (χ0v) is 15.4. The number of benzene rings is 2. The Hall–Kier alpha value is -2.98. The van der Waals surface area contributed by atoms with E-state index in [9.17, 15) is 4.79 Å². The summed E-state index contributed by atoms with van der Waals surface area (Å²) in [4.78, 5) is 12.7. The third-order valence-corrected chi connectivity index (χ3v) is 4.73. The van der Waals surface area contributed by atoms with Gasteiger partial charge in [0.25, 0.3) is 0 Å². The normalized spacial score (nSPS) is 11.0. The highest BCUT2D eigenvalue weighted by Crippen LogP contribution is 2.25. The largest absolute Gasteiger partial charge is 0.492 e.